The Labute approximate surface area is 99.5 Å². The van der Waals surface area contributed by atoms with Crippen LogP contribution >= 0.6 is 0 Å². The van der Waals surface area contributed by atoms with Crippen molar-refractivity contribution < 1.29 is 0 Å². The number of hydrogen-bond donors (Lipinski definition) is 0. The molecule has 1 heteroatoms. The van der Waals surface area contributed by atoms with Crippen molar-refractivity contribution in [1.29, 1.82) is 0 Å². The van der Waals surface area contributed by atoms with E-state index in [1.807, 2.05) is 0 Å². The number of likely N-dealkylation sites (tertiary alicyclic amines) is 1. The maximum Gasteiger partial charge on any atom is 0.0136 e. The molecule has 0 spiro atoms. The normalized spacial score (nSPS) is 22.2. The van der Waals surface area contributed by atoms with Gasteiger partial charge in [-0.1, -0.05) is 43.7 Å². The lowest BCUT2D eigenvalue weighted by molar-refractivity contribution is 0.147. The van der Waals surface area contributed by atoms with E-state index >= 15 is 0 Å². The zero-order valence-corrected chi connectivity index (χ0v) is 10.4. The Balaban J connectivity index is 1.96. The smallest absolute Gasteiger partial charge is 0.0136 e. The van der Waals surface area contributed by atoms with E-state index in [0.717, 1.165) is 6.04 Å². The minimum absolute atomic E-state index is 0.788. The first-order valence-electron chi connectivity index (χ1n) is 6.68. The molecule has 1 aliphatic rings. The van der Waals surface area contributed by atoms with Gasteiger partial charge >= 0.3 is 0 Å². The molecule has 0 N–H and O–H groups in total. The molecule has 1 aliphatic heterocycles. The summed E-state index contributed by atoms with van der Waals surface area (Å²) in [5.74, 6) is 0. The first-order valence-corrected chi connectivity index (χ1v) is 6.68. The maximum atomic E-state index is 2.69. The van der Waals surface area contributed by atoms with E-state index in [-0.39, 0.29) is 0 Å². The molecule has 2 rings (SSSR count). The molecular formula is C15H23N. The number of hydrogen-bond acceptors (Lipinski definition) is 1. The third-order valence-electron chi connectivity index (χ3n) is 3.57. The Bertz CT molecular complexity index is 292. The van der Waals surface area contributed by atoms with Crippen molar-refractivity contribution in [2.75, 3.05) is 13.1 Å². The minimum Gasteiger partial charge on any atom is -0.300 e. The van der Waals surface area contributed by atoms with Crippen LogP contribution in [0, 0.1) is 0 Å². The summed E-state index contributed by atoms with van der Waals surface area (Å²) in [6.45, 7) is 4.87. The van der Waals surface area contributed by atoms with Crippen molar-refractivity contribution in [3.63, 3.8) is 0 Å². The predicted octanol–water partition coefficient (Wildman–Crippen LogP) is 3.49. The lowest BCUT2D eigenvalue weighted by Crippen LogP contribution is -2.41. The SMILES string of the molecule is CCCN1CCCC[C@@H]1Cc1ccccc1. The van der Waals surface area contributed by atoms with Crippen molar-refractivity contribution in [3.8, 4) is 0 Å². The molecule has 1 nitrogen and oxygen atoms in total. The predicted molar refractivity (Wildman–Crippen MR) is 69.6 cm³/mol. The fourth-order valence-corrected chi connectivity index (χ4v) is 2.76. The Morgan fingerprint density at radius 1 is 1.19 bits per heavy atom. The highest BCUT2D eigenvalue weighted by atomic mass is 15.2. The summed E-state index contributed by atoms with van der Waals surface area (Å²) in [6, 6.07) is 11.7. The highest BCUT2D eigenvalue weighted by Gasteiger charge is 2.21. The number of rotatable bonds is 4. The monoisotopic (exact) mass is 217 g/mol. The first kappa shape index (κ1) is 11.7. The summed E-state index contributed by atoms with van der Waals surface area (Å²) in [4.78, 5) is 2.69. The summed E-state index contributed by atoms with van der Waals surface area (Å²) < 4.78 is 0. The second-order valence-electron chi connectivity index (χ2n) is 4.88. The second-order valence-corrected chi connectivity index (χ2v) is 4.88. The van der Waals surface area contributed by atoms with Crippen molar-refractivity contribution >= 4 is 0 Å². The van der Waals surface area contributed by atoms with Crippen LogP contribution in [-0.4, -0.2) is 24.0 Å². The number of piperidine rings is 1. The topological polar surface area (TPSA) is 3.24 Å². The van der Waals surface area contributed by atoms with E-state index in [2.05, 4.69) is 42.2 Å². The fraction of sp³-hybridized carbons (Fsp3) is 0.600. The quantitative estimate of drug-likeness (QED) is 0.746. The molecule has 1 fully saturated rings. The van der Waals surface area contributed by atoms with E-state index in [4.69, 9.17) is 0 Å². The van der Waals surface area contributed by atoms with Crippen LogP contribution in [0.1, 0.15) is 38.2 Å². The minimum atomic E-state index is 0.788. The van der Waals surface area contributed by atoms with Gasteiger partial charge in [0.05, 0.1) is 0 Å². The van der Waals surface area contributed by atoms with Gasteiger partial charge in [-0.3, -0.25) is 0 Å². The van der Waals surface area contributed by atoms with Gasteiger partial charge in [-0.15, -0.1) is 0 Å². The molecule has 1 aromatic rings. The molecule has 88 valence electrons. The number of nitrogens with zero attached hydrogens (tertiary/aromatic N) is 1. The number of benzene rings is 1. The molecule has 0 aliphatic carbocycles. The Kier molecular flexibility index (Phi) is 4.41. The summed E-state index contributed by atoms with van der Waals surface area (Å²) in [5, 5.41) is 0. The van der Waals surface area contributed by atoms with Crippen LogP contribution in [0.4, 0.5) is 0 Å². The van der Waals surface area contributed by atoms with E-state index in [1.54, 1.807) is 0 Å². The van der Waals surface area contributed by atoms with Gasteiger partial charge in [0.2, 0.25) is 0 Å². The van der Waals surface area contributed by atoms with E-state index in [1.165, 1.54) is 50.8 Å². The Hall–Kier alpha value is -0.820. The molecule has 0 aromatic heterocycles. The standard InChI is InChI=1S/C15H23N/c1-2-11-16-12-7-6-10-15(16)13-14-8-4-3-5-9-14/h3-5,8-9,15H,2,6-7,10-13H2,1H3/t15-/m1/s1. The van der Waals surface area contributed by atoms with Crippen LogP contribution in [0.3, 0.4) is 0 Å². The van der Waals surface area contributed by atoms with Gasteiger partial charge in [0.15, 0.2) is 0 Å². The van der Waals surface area contributed by atoms with Gasteiger partial charge < -0.3 is 4.90 Å². The zero-order chi connectivity index (χ0) is 11.2. The van der Waals surface area contributed by atoms with Gasteiger partial charge in [-0.25, -0.2) is 0 Å². The molecular weight excluding hydrogens is 194 g/mol. The summed E-state index contributed by atoms with van der Waals surface area (Å²) in [6.07, 6.45) is 6.71. The molecule has 0 radical (unpaired) electrons. The highest BCUT2D eigenvalue weighted by molar-refractivity contribution is 5.16. The third-order valence-corrected chi connectivity index (χ3v) is 3.57. The van der Waals surface area contributed by atoms with Crippen LogP contribution in [-0.2, 0) is 6.42 Å². The van der Waals surface area contributed by atoms with Crippen LogP contribution in [0.2, 0.25) is 0 Å². The van der Waals surface area contributed by atoms with Gasteiger partial charge in [0.1, 0.15) is 0 Å². The molecule has 1 aromatic carbocycles. The molecule has 1 saturated heterocycles. The van der Waals surface area contributed by atoms with Gasteiger partial charge in [0, 0.05) is 6.04 Å². The van der Waals surface area contributed by atoms with Gasteiger partial charge in [-0.2, -0.15) is 0 Å². The average Bonchev–Trinajstić information content (AvgIpc) is 2.33. The largest absolute Gasteiger partial charge is 0.300 e. The summed E-state index contributed by atoms with van der Waals surface area (Å²) >= 11 is 0. The van der Waals surface area contributed by atoms with E-state index < -0.39 is 0 Å². The van der Waals surface area contributed by atoms with Crippen LogP contribution in [0.5, 0.6) is 0 Å². The average molecular weight is 217 g/mol. The van der Waals surface area contributed by atoms with E-state index in [0.29, 0.717) is 0 Å². The Morgan fingerprint density at radius 3 is 2.75 bits per heavy atom. The molecule has 1 atom stereocenters. The molecule has 1 heterocycles. The molecule has 0 amide bonds. The highest BCUT2D eigenvalue weighted by Crippen LogP contribution is 2.20. The van der Waals surface area contributed by atoms with Gasteiger partial charge in [-0.05, 0) is 44.3 Å². The van der Waals surface area contributed by atoms with Crippen molar-refractivity contribution in [1.82, 2.24) is 4.90 Å². The maximum absolute atomic E-state index is 2.69. The summed E-state index contributed by atoms with van der Waals surface area (Å²) in [7, 11) is 0. The van der Waals surface area contributed by atoms with Crippen molar-refractivity contribution in [3.05, 3.63) is 35.9 Å². The van der Waals surface area contributed by atoms with Crippen molar-refractivity contribution in [2.24, 2.45) is 0 Å². The Morgan fingerprint density at radius 2 is 2.00 bits per heavy atom. The van der Waals surface area contributed by atoms with Gasteiger partial charge in [0.25, 0.3) is 0 Å². The van der Waals surface area contributed by atoms with Crippen LogP contribution in [0.25, 0.3) is 0 Å². The molecule has 0 saturated carbocycles. The first-order chi connectivity index (χ1) is 7.90. The lowest BCUT2D eigenvalue weighted by Gasteiger charge is -2.35. The van der Waals surface area contributed by atoms with Crippen LogP contribution < -0.4 is 0 Å². The zero-order valence-electron chi connectivity index (χ0n) is 10.4. The molecule has 16 heavy (non-hydrogen) atoms. The summed E-state index contributed by atoms with van der Waals surface area (Å²) in [5.41, 5.74) is 1.50. The fourth-order valence-electron chi connectivity index (χ4n) is 2.76. The van der Waals surface area contributed by atoms with E-state index in [9.17, 15) is 0 Å². The third kappa shape index (κ3) is 3.08. The lowest BCUT2D eigenvalue weighted by atomic mass is 9.95. The van der Waals surface area contributed by atoms with Crippen LogP contribution in [0.15, 0.2) is 30.3 Å². The molecule has 0 bridgehead atoms. The molecule has 0 unspecified atom stereocenters. The van der Waals surface area contributed by atoms with Crippen molar-refractivity contribution in [2.45, 2.75) is 45.1 Å². The second kappa shape index (κ2) is 6.05.